The van der Waals surface area contributed by atoms with Crippen LogP contribution in [0.1, 0.15) is 314 Å². The van der Waals surface area contributed by atoms with Crippen molar-refractivity contribution in [1.29, 1.82) is 0 Å². The summed E-state index contributed by atoms with van der Waals surface area (Å²) in [6, 6.07) is -1.10. The topological polar surface area (TPSA) is 212 Å². The van der Waals surface area contributed by atoms with E-state index < -0.39 is 57.1 Å². The third-order valence-corrected chi connectivity index (χ3v) is 25.2. The average Bonchev–Trinajstić information content (AvgIpc) is 0.742. The maximum absolute atomic E-state index is 15.0. The van der Waals surface area contributed by atoms with Crippen molar-refractivity contribution in [2.75, 3.05) is 6.61 Å². The standard InChI is InChI=1S/C43H75N5O7.C37H65N3O3/c1-15-16-54-34(49)44-33-21-40(10,11)25-43(14,22-33)31(5)48-36(51)46(26-41(12)18-28(2)17-38(6,7)23-41)35(50)47(37(48)52)27-42(13)20-32(19-39(8,9)24-42)29(3)30(4)45-55-53;1-25-14-32(5,6)20-35(11,17-25)23-38-29(41)39(24-36(12)18-26(2)15-33(7,8)21-36)31(43)40(30(38)42)28(4)37(13)19-27(3)16-34(9,10)22-37/h28-29,31-33,45,53H,4,15-27H2,1-3,5-14H3,(H,44,49);25-28H,14-24H2,1-13H3. The highest BCUT2D eigenvalue weighted by molar-refractivity contribution is 5.67. The van der Waals surface area contributed by atoms with Crippen molar-refractivity contribution >= 4 is 6.09 Å². The van der Waals surface area contributed by atoms with E-state index in [9.17, 15) is 33.6 Å². The molecule has 6 aliphatic carbocycles. The summed E-state index contributed by atoms with van der Waals surface area (Å²) < 4.78 is 14.0. The summed E-state index contributed by atoms with van der Waals surface area (Å²) in [5, 5.41) is 12.1. The quantitative estimate of drug-likeness (QED) is 0.0889. The van der Waals surface area contributed by atoms with Gasteiger partial charge in [-0.25, -0.2) is 71.7 Å². The summed E-state index contributed by atoms with van der Waals surface area (Å²) >= 11 is 0. The van der Waals surface area contributed by atoms with Crippen LogP contribution >= 0.6 is 0 Å². The minimum absolute atomic E-state index is 0.0466. The Morgan fingerprint density at radius 1 is 0.449 bits per heavy atom. The van der Waals surface area contributed by atoms with Gasteiger partial charge in [-0.15, -0.1) is 4.99 Å². The highest BCUT2D eigenvalue weighted by Gasteiger charge is 2.51. The number of ether oxygens (including phenoxy) is 1. The first-order valence-corrected chi connectivity index (χ1v) is 38.2. The number of aromatic nitrogens is 6. The van der Waals surface area contributed by atoms with Gasteiger partial charge in [0.25, 0.3) is 0 Å². The first-order chi connectivity index (χ1) is 44.5. The van der Waals surface area contributed by atoms with Crippen LogP contribution in [0.4, 0.5) is 4.79 Å². The Morgan fingerprint density at radius 3 is 1.08 bits per heavy atom. The number of hydroxylamine groups is 1. The second-order valence-corrected chi connectivity index (χ2v) is 41.8. The lowest BCUT2D eigenvalue weighted by Gasteiger charge is -2.50. The lowest BCUT2D eigenvalue weighted by atomic mass is 9.58. The molecular formula is C80H140N8O10. The fraction of sp³-hybridized carbons (Fsp3) is 0.887. The molecule has 15 unspecified atom stereocenters. The van der Waals surface area contributed by atoms with Crippen LogP contribution in [0.5, 0.6) is 0 Å². The van der Waals surface area contributed by atoms with Gasteiger partial charge >= 0.3 is 40.2 Å². The van der Waals surface area contributed by atoms with E-state index >= 15 is 0 Å². The molecule has 6 fully saturated rings. The molecule has 8 rings (SSSR count). The van der Waals surface area contributed by atoms with Gasteiger partial charge in [-0.1, -0.05) is 173 Å². The molecule has 0 radical (unpaired) electrons. The van der Waals surface area contributed by atoms with Crippen molar-refractivity contribution in [1.82, 2.24) is 38.2 Å². The Kier molecular flexibility index (Phi) is 23.6. The van der Waals surface area contributed by atoms with Crippen LogP contribution in [0, 0.1) is 100 Å². The van der Waals surface area contributed by atoms with E-state index in [1.165, 1.54) is 27.4 Å². The van der Waals surface area contributed by atoms with Gasteiger partial charge in [-0.05, 0) is 230 Å². The summed E-state index contributed by atoms with van der Waals surface area (Å²) in [6.07, 6.45) is 16.7. The van der Waals surface area contributed by atoms with E-state index in [1.54, 1.807) is 0 Å². The second-order valence-electron chi connectivity index (χ2n) is 41.8. The normalized spacial score (nSPS) is 35.0. The Morgan fingerprint density at radius 2 is 0.755 bits per heavy atom. The van der Waals surface area contributed by atoms with Gasteiger partial charge in [0.15, 0.2) is 0 Å². The third kappa shape index (κ3) is 19.0. The number of rotatable bonds is 19. The minimum Gasteiger partial charge on any atom is -0.450 e. The summed E-state index contributed by atoms with van der Waals surface area (Å²) in [5.41, 5.74) is -1.66. The van der Waals surface area contributed by atoms with Gasteiger partial charge in [-0.3, -0.25) is 0 Å². The molecule has 3 N–H and O–H groups in total. The molecule has 0 spiro atoms. The van der Waals surface area contributed by atoms with Crippen LogP contribution in [-0.2, 0) is 35.9 Å². The molecule has 560 valence electrons. The van der Waals surface area contributed by atoms with Gasteiger partial charge in [0.1, 0.15) is 0 Å². The molecule has 2 aromatic heterocycles. The smallest absolute Gasteiger partial charge is 0.407 e. The first kappa shape index (κ1) is 80.9. The molecule has 6 aliphatic rings. The number of nitrogens with one attached hydrogen (secondary N) is 2. The van der Waals surface area contributed by atoms with Crippen LogP contribution in [0.3, 0.4) is 0 Å². The van der Waals surface area contributed by atoms with E-state index in [4.69, 9.17) is 9.99 Å². The fourth-order valence-electron chi connectivity index (χ4n) is 24.8. The van der Waals surface area contributed by atoms with E-state index in [2.05, 4.69) is 182 Å². The molecule has 1 amide bonds. The van der Waals surface area contributed by atoms with Crippen LogP contribution in [0.2, 0.25) is 0 Å². The van der Waals surface area contributed by atoms with Crippen molar-refractivity contribution < 1.29 is 19.8 Å². The predicted octanol–water partition coefficient (Wildman–Crippen LogP) is 16.6. The molecule has 0 bridgehead atoms. The van der Waals surface area contributed by atoms with Gasteiger partial charge in [0, 0.05) is 55.9 Å². The van der Waals surface area contributed by atoms with E-state index in [0.717, 1.165) is 109 Å². The maximum atomic E-state index is 15.0. The molecule has 0 saturated heterocycles. The number of alkyl carbamates (subject to hydrolysis) is 1. The maximum Gasteiger partial charge on any atom is 0.407 e. The van der Waals surface area contributed by atoms with Gasteiger partial charge in [0.2, 0.25) is 0 Å². The molecule has 18 heteroatoms. The second kappa shape index (κ2) is 28.6. The Bertz CT molecular complexity index is 3500. The SMILES string of the molecule is C=C(NOO)C(C)C1CC(C)(C)CC(C)(Cn2c(=O)n(CC3(C)CC(C)CC(C)(C)C3)c(=O)n(C(C)C3(C)CC(NC(=O)OCCC)CC(C)(C)C3)c2=O)C1.CC1CC(C)(C)CC(C)(Cn2c(=O)n(CC3(C)CC(C)CC(C)(C)C3)c(=O)n(C(C)C3(C)CC(C)CC(C)(C)C3)c2=O)C1. The summed E-state index contributed by atoms with van der Waals surface area (Å²) in [4.78, 5) is 105. The molecule has 98 heavy (non-hydrogen) atoms. The fourth-order valence-corrected chi connectivity index (χ4v) is 24.8. The molecule has 0 aliphatic heterocycles. The van der Waals surface area contributed by atoms with Gasteiger partial charge < -0.3 is 10.1 Å². The van der Waals surface area contributed by atoms with Crippen LogP contribution in [0.15, 0.2) is 41.0 Å². The van der Waals surface area contributed by atoms with Crippen molar-refractivity contribution in [3.05, 3.63) is 75.2 Å². The molecular weight excluding hydrogens is 1230 g/mol. The van der Waals surface area contributed by atoms with E-state index in [0.29, 0.717) is 61.9 Å². The Balaban J connectivity index is 0.000000284. The molecule has 0 aromatic carbocycles. The van der Waals surface area contributed by atoms with Crippen LogP contribution in [0.25, 0.3) is 0 Å². The first-order valence-electron chi connectivity index (χ1n) is 38.2. The largest absolute Gasteiger partial charge is 0.450 e. The zero-order valence-corrected chi connectivity index (χ0v) is 66.7. The molecule has 2 heterocycles. The van der Waals surface area contributed by atoms with Crippen LogP contribution < -0.4 is 44.9 Å². The molecule has 6 saturated carbocycles. The van der Waals surface area contributed by atoms with Gasteiger partial charge in [-0.2, -0.15) is 0 Å². The summed E-state index contributed by atoms with van der Waals surface area (Å²) in [6.45, 7) is 63.0. The molecule has 2 aromatic rings. The highest BCUT2D eigenvalue weighted by Crippen LogP contribution is 2.57. The lowest BCUT2D eigenvalue weighted by Crippen LogP contribution is -2.60. The Labute approximate surface area is 589 Å². The number of hydrogen-bond donors (Lipinski definition) is 3. The Hall–Kier alpha value is -4.45. The van der Waals surface area contributed by atoms with Crippen molar-refractivity contribution in [3.63, 3.8) is 0 Å². The third-order valence-electron chi connectivity index (χ3n) is 25.2. The van der Waals surface area contributed by atoms with E-state index in [-0.39, 0.29) is 91.2 Å². The minimum atomic E-state index is -0.577. The molecule has 15 atom stereocenters. The zero-order chi connectivity index (χ0) is 74.1. The zero-order valence-electron chi connectivity index (χ0n) is 66.7. The number of nitrogens with zero attached hydrogens (tertiary/aromatic N) is 6. The number of hydrogen-bond acceptors (Lipinski definition) is 11. The van der Waals surface area contributed by atoms with Crippen molar-refractivity contribution in [2.45, 2.75) is 346 Å². The average molecular weight is 1370 g/mol. The van der Waals surface area contributed by atoms with Crippen LogP contribution in [-0.4, -0.2) is 51.4 Å². The van der Waals surface area contributed by atoms with Gasteiger partial charge in [0.05, 0.1) is 6.61 Å². The number of carbonyl (C=O) groups excluding carboxylic acids is 1. The van der Waals surface area contributed by atoms with Crippen molar-refractivity contribution in [3.8, 4) is 0 Å². The summed E-state index contributed by atoms with van der Waals surface area (Å²) in [5.74, 6) is 2.05. The summed E-state index contributed by atoms with van der Waals surface area (Å²) in [7, 11) is 0. The number of amides is 1. The highest BCUT2D eigenvalue weighted by atomic mass is 17.2. The monoisotopic (exact) mass is 1370 g/mol. The number of allylic oxidation sites excluding steroid dienone is 1. The predicted molar refractivity (Wildman–Crippen MR) is 396 cm³/mol. The number of carbonyl (C=O) groups is 1. The molecule has 18 nitrogen and oxygen atoms in total. The van der Waals surface area contributed by atoms with E-state index in [1.807, 2.05) is 20.8 Å². The van der Waals surface area contributed by atoms with Crippen molar-refractivity contribution in [2.24, 2.45) is 100 Å². The lowest BCUT2D eigenvalue weighted by molar-refractivity contribution is -0.285.